The summed E-state index contributed by atoms with van der Waals surface area (Å²) in [4.78, 5) is 16.5. The lowest BCUT2D eigenvalue weighted by atomic mass is 10.1. The number of pyridine rings is 1. The quantitative estimate of drug-likeness (QED) is 0.605. The van der Waals surface area contributed by atoms with E-state index in [0.717, 1.165) is 22.9 Å². The molecule has 0 atom stereocenters. The highest BCUT2D eigenvalue weighted by Crippen LogP contribution is 2.34. The molecule has 1 heterocycles. The molecule has 2 N–H and O–H groups in total. The molecule has 3 rings (SSSR count). The number of carbonyl (C=O) groups excluding carboxylic acids is 1. The average molecular weight is 385 g/mol. The summed E-state index contributed by atoms with van der Waals surface area (Å²) < 4.78 is 39.3. The number of nitrogens with zero attached hydrogens (tertiary/aromatic N) is 1. The molecular formula is C21H18F3N3O. The third kappa shape index (κ3) is 4.68. The zero-order valence-corrected chi connectivity index (χ0v) is 15.3. The van der Waals surface area contributed by atoms with Gasteiger partial charge in [-0.1, -0.05) is 18.2 Å². The molecule has 3 aromatic rings. The molecule has 0 saturated carbocycles. The van der Waals surface area contributed by atoms with E-state index < -0.39 is 17.6 Å². The lowest BCUT2D eigenvalue weighted by Gasteiger charge is -2.14. The lowest BCUT2D eigenvalue weighted by molar-refractivity contribution is -0.136. The largest absolute Gasteiger partial charge is 0.418 e. The number of rotatable bonds is 4. The third-order valence-electron chi connectivity index (χ3n) is 3.99. The van der Waals surface area contributed by atoms with Crippen LogP contribution in [0.2, 0.25) is 0 Å². The van der Waals surface area contributed by atoms with Gasteiger partial charge in [-0.05, 0) is 55.3 Å². The van der Waals surface area contributed by atoms with Gasteiger partial charge in [-0.3, -0.25) is 9.78 Å². The van der Waals surface area contributed by atoms with Crippen molar-refractivity contribution in [3.8, 4) is 0 Å². The standard InChI is InChI=1S/C21H18F3N3O/c1-13-7-14(2)9-16(8-13)26-17-10-15(11-25-12-17)20(28)27-19-6-4-3-5-18(19)21(22,23)24/h3-12,26H,1-2H3,(H,27,28). The molecule has 0 aliphatic heterocycles. The van der Waals surface area contributed by atoms with Gasteiger partial charge in [-0.25, -0.2) is 0 Å². The van der Waals surface area contributed by atoms with E-state index in [1.165, 1.54) is 36.7 Å². The number of hydrogen-bond acceptors (Lipinski definition) is 3. The maximum atomic E-state index is 13.1. The van der Waals surface area contributed by atoms with Crippen molar-refractivity contribution in [2.45, 2.75) is 20.0 Å². The predicted molar refractivity (Wildman–Crippen MR) is 103 cm³/mol. The number of carbonyl (C=O) groups is 1. The van der Waals surface area contributed by atoms with Gasteiger partial charge in [-0.2, -0.15) is 13.2 Å². The highest BCUT2D eigenvalue weighted by Gasteiger charge is 2.33. The Bertz CT molecular complexity index is 996. The van der Waals surface area contributed by atoms with E-state index in [1.807, 2.05) is 32.0 Å². The predicted octanol–water partition coefficient (Wildman–Crippen LogP) is 5.71. The summed E-state index contributed by atoms with van der Waals surface area (Å²) in [6.45, 7) is 3.94. The summed E-state index contributed by atoms with van der Waals surface area (Å²) in [6.07, 6.45) is -1.72. The first kappa shape index (κ1) is 19.4. The molecule has 2 aromatic carbocycles. The van der Waals surface area contributed by atoms with E-state index in [2.05, 4.69) is 15.6 Å². The molecule has 0 aliphatic rings. The van der Waals surface area contributed by atoms with E-state index in [9.17, 15) is 18.0 Å². The summed E-state index contributed by atoms with van der Waals surface area (Å²) in [7, 11) is 0. The molecule has 0 unspecified atom stereocenters. The first-order chi connectivity index (χ1) is 13.2. The summed E-state index contributed by atoms with van der Waals surface area (Å²) >= 11 is 0. The molecule has 0 bridgehead atoms. The SMILES string of the molecule is Cc1cc(C)cc(Nc2cncc(C(=O)Nc3ccccc3C(F)(F)F)c2)c1. The minimum Gasteiger partial charge on any atom is -0.354 e. The molecule has 7 heteroatoms. The summed E-state index contributed by atoms with van der Waals surface area (Å²) in [5, 5.41) is 5.47. The average Bonchev–Trinajstić information content (AvgIpc) is 2.60. The summed E-state index contributed by atoms with van der Waals surface area (Å²) in [5.41, 5.74) is 2.49. The van der Waals surface area contributed by atoms with Crippen LogP contribution >= 0.6 is 0 Å². The van der Waals surface area contributed by atoms with E-state index in [4.69, 9.17) is 0 Å². The van der Waals surface area contributed by atoms with Crippen molar-refractivity contribution in [1.82, 2.24) is 4.98 Å². The second-order valence-electron chi connectivity index (χ2n) is 6.46. The van der Waals surface area contributed by atoms with Gasteiger partial charge in [0.2, 0.25) is 0 Å². The maximum absolute atomic E-state index is 13.1. The van der Waals surface area contributed by atoms with Crippen molar-refractivity contribution in [1.29, 1.82) is 0 Å². The molecule has 0 aliphatic carbocycles. The van der Waals surface area contributed by atoms with E-state index in [-0.39, 0.29) is 11.3 Å². The van der Waals surface area contributed by atoms with Crippen LogP contribution in [-0.2, 0) is 6.18 Å². The van der Waals surface area contributed by atoms with E-state index in [1.54, 1.807) is 0 Å². The molecule has 144 valence electrons. The van der Waals surface area contributed by atoms with Gasteiger partial charge >= 0.3 is 6.18 Å². The number of para-hydroxylation sites is 1. The van der Waals surface area contributed by atoms with E-state index >= 15 is 0 Å². The molecule has 0 radical (unpaired) electrons. The number of aromatic nitrogens is 1. The summed E-state index contributed by atoms with van der Waals surface area (Å²) in [6, 6.07) is 12.3. The lowest BCUT2D eigenvalue weighted by Crippen LogP contribution is -2.17. The Morgan fingerprint density at radius 2 is 1.61 bits per heavy atom. The highest BCUT2D eigenvalue weighted by atomic mass is 19.4. The highest BCUT2D eigenvalue weighted by molar-refractivity contribution is 6.05. The van der Waals surface area contributed by atoms with Crippen LogP contribution in [0.25, 0.3) is 0 Å². The number of nitrogens with one attached hydrogen (secondary N) is 2. The van der Waals surface area contributed by atoms with Crippen molar-refractivity contribution in [3.05, 3.63) is 83.2 Å². The van der Waals surface area contributed by atoms with Crippen LogP contribution in [0.3, 0.4) is 0 Å². The van der Waals surface area contributed by atoms with Crippen molar-refractivity contribution in [2.75, 3.05) is 10.6 Å². The normalized spacial score (nSPS) is 11.2. The molecule has 28 heavy (non-hydrogen) atoms. The Labute approximate surface area is 160 Å². The van der Waals surface area contributed by atoms with Crippen molar-refractivity contribution in [3.63, 3.8) is 0 Å². The van der Waals surface area contributed by atoms with Crippen LogP contribution in [0.5, 0.6) is 0 Å². The first-order valence-corrected chi connectivity index (χ1v) is 8.50. The van der Waals surface area contributed by atoms with Crippen molar-refractivity contribution < 1.29 is 18.0 Å². The number of halogens is 3. The minimum atomic E-state index is -4.56. The molecule has 0 saturated heterocycles. The maximum Gasteiger partial charge on any atom is 0.418 e. The topological polar surface area (TPSA) is 54.0 Å². The van der Waals surface area contributed by atoms with Gasteiger partial charge in [0.1, 0.15) is 0 Å². The number of benzene rings is 2. The Hall–Kier alpha value is -3.35. The number of amides is 1. The Kier molecular flexibility index (Phi) is 5.35. The fourth-order valence-corrected chi connectivity index (χ4v) is 2.88. The van der Waals surface area contributed by atoms with Crippen LogP contribution in [0.1, 0.15) is 27.0 Å². The van der Waals surface area contributed by atoms with Gasteiger partial charge in [0, 0.05) is 11.9 Å². The fraction of sp³-hybridized carbons (Fsp3) is 0.143. The Morgan fingerprint density at radius 1 is 0.929 bits per heavy atom. The second-order valence-corrected chi connectivity index (χ2v) is 6.46. The smallest absolute Gasteiger partial charge is 0.354 e. The van der Waals surface area contributed by atoms with Gasteiger partial charge < -0.3 is 10.6 Å². The molecular weight excluding hydrogens is 367 g/mol. The van der Waals surface area contributed by atoms with Crippen molar-refractivity contribution >= 4 is 23.0 Å². The van der Waals surface area contributed by atoms with Crippen LogP contribution in [0.15, 0.2) is 60.9 Å². The molecule has 0 fully saturated rings. The Morgan fingerprint density at radius 3 is 2.29 bits per heavy atom. The first-order valence-electron chi connectivity index (χ1n) is 8.50. The van der Waals surface area contributed by atoms with Crippen LogP contribution in [-0.4, -0.2) is 10.9 Å². The van der Waals surface area contributed by atoms with Crippen LogP contribution < -0.4 is 10.6 Å². The second kappa shape index (κ2) is 7.72. The molecule has 0 spiro atoms. The molecule has 1 amide bonds. The molecule has 1 aromatic heterocycles. The fourth-order valence-electron chi connectivity index (χ4n) is 2.88. The van der Waals surface area contributed by atoms with Crippen molar-refractivity contribution in [2.24, 2.45) is 0 Å². The zero-order valence-electron chi connectivity index (χ0n) is 15.3. The summed E-state index contributed by atoms with van der Waals surface area (Å²) in [5.74, 6) is -0.673. The number of anilines is 3. The van der Waals surface area contributed by atoms with Gasteiger partial charge in [0.25, 0.3) is 5.91 Å². The Balaban J connectivity index is 1.82. The third-order valence-corrected chi connectivity index (χ3v) is 3.99. The number of aryl methyl sites for hydroxylation is 2. The zero-order chi connectivity index (χ0) is 20.3. The number of alkyl halides is 3. The van der Waals surface area contributed by atoms with Crippen LogP contribution in [0.4, 0.5) is 30.2 Å². The number of hydrogen-bond donors (Lipinski definition) is 2. The van der Waals surface area contributed by atoms with Gasteiger partial charge in [0.05, 0.1) is 28.7 Å². The van der Waals surface area contributed by atoms with Crippen LogP contribution in [0, 0.1) is 13.8 Å². The van der Waals surface area contributed by atoms with E-state index in [0.29, 0.717) is 5.69 Å². The minimum absolute atomic E-state index is 0.145. The van der Waals surface area contributed by atoms with Gasteiger partial charge in [-0.15, -0.1) is 0 Å². The monoisotopic (exact) mass is 385 g/mol. The molecule has 4 nitrogen and oxygen atoms in total. The van der Waals surface area contributed by atoms with Gasteiger partial charge in [0.15, 0.2) is 0 Å².